The molecule has 0 saturated carbocycles. The summed E-state index contributed by atoms with van der Waals surface area (Å²) in [7, 11) is 6.04. The highest BCUT2D eigenvalue weighted by Gasteiger charge is 2.79. The van der Waals surface area contributed by atoms with Crippen LogP contribution in [-0.2, 0) is 8.85 Å². The second kappa shape index (κ2) is 14.0. The molecule has 0 N–H and O–H groups in total. The Kier molecular flexibility index (Phi) is 12.3. The van der Waals surface area contributed by atoms with Gasteiger partial charge in [-0.15, -0.1) is 0 Å². The molecule has 0 aliphatic carbocycles. The molecule has 0 aromatic heterocycles. The number of nitrogens with zero attached hydrogens (tertiary/aromatic N) is 4. The second-order valence-electron chi connectivity index (χ2n) is 17.9. The van der Waals surface area contributed by atoms with Crippen LogP contribution in [-0.4, -0.2) is 113 Å². The lowest BCUT2D eigenvalue weighted by Crippen LogP contribution is -2.41. The van der Waals surface area contributed by atoms with Gasteiger partial charge in [-0.3, -0.25) is 19.6 Å². The third-order valence-electron chi connectivity index (χ3n) is 13.3. The number of unbranched alkanes of at least 4 members (excludes halogenated alkanes) is 4. The van der Waals surface area contributed by atoms with Gasteiger partial charge in [0.25, 0.3) is 0 Å². The van der Waals surface area contributed by atoms with Crippen molar-refractivity contribution in [1.29, 1.82) is 0 Å². The van der Waals surface area contributed by atoms with E-state index in [4.69, 9.17) is 8.85 Å². The molecule has 4 fully saturated rings. The minimum atomic E-state index is -1.58. The van der Waals surface area contributed by atoms with Crippen molar-refractivity contribution in [3.63, 3.8) is 0 Å². The van der Waals surface area contributed by atoms with Gasteiger partial charge >= 0.3 is 0 Å². The average Bonchev–Trinajstić information content (AvgIpc) is 3.86. The molecule has 0 amide bonds. The third-order valence-corrected chi connectivity index (χ3v) is 22.4. The Morgan fingerprint density at radius 1 is 0.500 bits per heavy atom. The topological polar surface area (TPSA) is 30.5 Å². The maximum atomic E-state index is 6.38. The molecule has 4 rings (SSSR count). The predicted molar refractivity (Wildman–Crippen MR) is 195 cm³/mol. The van der Waals surface area contributed by atoms with Crippen molar-refractivity contribution >= 4 is 16.6 Å². The van der Waals surface area contributed by atoms with Gasteiger partial charge in [0.1, 0.15) is 11.3 Å². The molecule has 260 valence electrons. The molecule has 0 aromatic rings. The van der Waals surface area contributed by atoms with Crippen LogP contribution in [0.2, 0.25) is 36.3 Å². The highest BCUT2D eigenvalue weighted by atomic mass is 28.4. The number of rotatable bonds is 16. The molecule has 4 saturated heterocycles. The first-order chi connectivity index (χ1) is 20.2. The lowest BCUT2D eigenvalue weighted by molar-refractivity contribution is 0.276. The summed E-state index contributed by atoms with van der Waals surface area (Å²) in [5.74, 6) is 0. The molecule has 4 unspecified atom stereocenters. The molecule has 4 aliphatic rings. The van der Waals surface area contributed by atoms with Gasteiger partial charge in [-0.05, 0) is 90.1 Å². The lowest BCUT2D eigenvalue weighted by atomic mass is 10.1. The monoisotopic (exact) mass is 653 g/mol. The van der Waals surface area contributed by atoms with E-state index in [0.717, 1.165) is 25.3 Å². The van der Waals surface area contributed by atoms with E-state index in [0.29, 0.717) is 33.5 Å². The fourth-order valence-electron chi connectivity index (χ4n) is 7.94. The Morgan fingerprint density at radius 2 is 0.773 bits per heavy atom. The molecule has 0 bridgehead atoms. The van der Waals surface area contributed by atoms with Gasteiger partial charge in [0.2, 0.25) is 0 Å². The van der Waals surface area contributed by atoms with Gasteiger partial charge in [-0.25, -0.2) is 0 Å². The number of hydrogen-bond acceptors (Lipinski definition) is 6. The molecule has 8 heteroatoms. The highest BCUT2D eigenvalue weighted by Crippen LogP contribution is 2.62. The maximum Gasteiger partial charge on any atom is 0.191 e. The Labute approximate surface area is 277 Å². The summed E-state index contributed by atoms with van der Waals surface area (Å²) in [6, 6.07) is 3.02. The van der Waals surface area contributed by atoms with Crippen LogP contribution in [0.25, 0.3) is 0 Å². The molecule has 4 aliphatic heterocycles. The van der Waals surface area contributed by atoms with Crippen LogP contribution in [0, 0.1) is 0 Å². The van der Waals surface area contributed by atoms with E-state index >= 15 is 0 Å². The first kappa shape index (κ1) is 38.6. The summed E-state index contributed by atoms with van der Waals surface area (Å²) in [6.07, 6.45) is 13.3. The van der Waals surface area contributed by atoms with Gasteiger partial charge in [-0.1, -0.05) is 93.9 Å². The van der Waals surface area contributed by atoms with Gasteiger partial charge in [0.15, 0.2) is 16.6 Å². The predicted octanol–water partition coefficient (Wildman–Crippen LogP) is 8.61. The summed E-state index contributed by atoms with van der Waals surface area (Å²) < 4.78 is 12.8. The average molecular weight is 653 g/mol. The molecular weight excluding hydrogens is 577 g/mol. The fraction of sp³-hybridized carbons (Fsp3) is 1.00. The summed E-state index contributed by atoms with van der Waals surface area (Å²) in [5.41, 5.74) is 0.815. The van der Waals surface area contributed by atoms with Gasteiger partial charge in [-0.2, -0.15) is 0 Å². The van der Waals surface area contributed by atoms with Gasteiger partial charge < -0.3 is 8.85 Å². The van der Waals surface area contributed by atoms with Crippen LogP contribution >= 0.6 is 0 Å². The van der Waals surface area contributed by atoms with Crippen LogP contribution in [0.15, 0.2) is 0 Å². The SMILES string of the molecule is CCCCC[C@@H]1N(C)[C@@]12[C@@H](CCO[Si](C)(C)C(C)(C)C)N2C.CCCCC[C@@H]1N(C)[C@@]12[C@H](CCO[Si](C)(C)C(C)(C)C)N2C. The molecule has 44 heavy (non-hydrogen) atoms. The minimum Gasteiger partial charge on any atom is -0.417 e. The van der Waals surface area contributed by atoms with E-state index in [9.17, 15) is 0 Å². The fourth-order valence-corrected chi connectivity index (χ4v) is 10.1. The molecule has 4 heterocycles. The Bertz CT molecular complexity index is 860. The summed E-state index contributed by atoms with van der Waals surface area (Å²) in [6.45, 7) is 29.8. The van der Waals surface area contributed by atoms with Crippen LogP contribution in [0.4, 0.5) is 0 Å². The Morgan fingerprint density at radius 3 is 1.02 bits per heavy atom. The van der Waals surface area contributed by atoms with Crippen LogP contribution in [0.5, 0.6) is 0 Å². The van der Waals surface area contributed by atoms with E-state index in [2.05, 4.69) is 129 Å². The van der Waals surface area contributed by atoms with Crippen LogP contribution in [0.1, 0.15) is 120 Å². The first-order valence-corrected chi connectivity index (χ1v) is 24.2. The number of likely N-dealkylation sites (N-methyl/N-ethyl adjacent to an activating group) is 4. The molecular formula is C36H76N4O2Si2. The minimum absolute atomic E-state index is 0.319. The second-order valence-corrected chi connectivity index (χ2v) is 27.5. The quantitative estimate of drug-likeness (QED) is 0.0943. The highest BCUT2D eigenvalue weighted by molar-refractivity contribution is 6.74. The van der Waals surface area contributed by atoms with E-state index in [1.165, 1.54) is 64.2 Å². The summed E-state index contributed by atoms with van der Waals surface area (Å²) in [5, 5.41) is 0.637. The van der Waals surface area contributed by atoms with Gasteiger partial charge in [0.05, 0.1) is 0 Å². The van der Waals surface area contributed by atoms with Crippen molar-refractivity contribution in [2.45, 2.75) is 191 Å². The maximum absolute atomic E-state index is 6.38. The Hall–Kier alpha value is 0.194. The molecule has 10 atom stereocenters. The van der Waals surface area contributed by atoms with E-state index in [1.54, 1.807) is 0 Å². The van der Waals surface area contributed by atoms with E-state index in [1.807, 2.05) is 0 Å². The van der Waals surface area contributed by atoms with E-state index < -0.39 is 16.6 Å². The van der Waals surface area contributed by atoms with Crippen molar-refractivity contribution < 1.29 is 8.85 Å². The zero-order chi connectivity index (χ0) is 33.5. The van der Waals surface area contributed by atoms with Crippen molar-refractivity contribution in [1.82, 2.24) is 19.6 Å². The zero-order valence-corrected chi connectivity index (χ0v) is 34.4. The number of hydrogen-bond donors (Lipinski definition) is 0. The molecule has 2 spiro atoms. The van der Waals surface area contributed by atoms with Crippen LogP contribution in [0.3, 0.4) is 0 Å². The van der Waals surface area contributed by atoms with Crippen molar-refractivity contribution in [3.8, 4) is 0 Å². The largest absolute Gasteiger partial charge is 0.417 e. The van der Waals surface area contributed by atoms with Crippen LogP contribution < -0.4 is 0 Å². The summed E-state index contributed by atoms with van der Waals surface area (Å²) in [4.78, 5) is 10.4. The van der Waals surface area contributed by atoms with E-state index in [-0.39, 0.29) is 0 Å². The van der Waals surface area contributed by atoms with Crippen molar-refractivity contribution in [2.24, 2.45) is 0 Å². The smallest absolute Gasteiger partial charge is 0.191 e. The Balaban J connectivity index is 0.000000240. The zero-order valence-electron chi connectivity index (χ0n) is 32.4. The third kappa shape index (κ3) is 7.43. The van der Waals surface area contributed by atoms with Gasteiger partial charge in [0, 0.05) is 37.4 Å². The normalized spacial score (nSPS) is 37.6. The molecule has 0 radical (unpaired) electrons. The van der Waals surface area contributed by atoms with Crippen molar-refractivity contribution in [2.75, 3.05) is 41.4 Å². The summed E-state index contributed by atoms with van der Waals surface area (Å²) >= 11 is 0. The lowest BCUT2D eigenvalue weighted by Gasteiger charge is -2.36. The first-order valence-electron chi connectivity index (χ1n) is 18.4. The van der Waals surface area contributed by atoms with Crippen molar-refractivity contribution in [3.05, 3.63) is 0 Å². The molecule has 0 aromatic carbocycles. The standard InChI is InChI=1S/2C18H38N2OSi/c2*1-9-10-11-12-15-18(19(15)5)16(20(18)6)13-14-21-22(7,8)17(2,3)4/h2*15-16H,9-14H2,1-8H3/t15-,16+,18-,19?,20?;15-,16-,18-,19?,20?/m00/s1. The molecule has 6 nitrogen and oxygen atoms in total.